The van der Waals surface area contributed by atoms with Crippen LogP contribution in [0.5, 0.6) is 0 Å². The van der Waals surface area contributed by atoms with E-state index in [1.165, 1.54) is 17.8 Å². The first-order valence-corrected chi connectivity index (χ1v) is 4.03. The van der Waals surface area contributed by atoms with Crippen LogP contribution in [0.2, 0.25) is 0 Å². The number of H-pyrrole nitrogens is 1. The summed E-state index contributed by atoms with van der Waals surface area (Å²) in [5, 5.41) is 7.08. The molecular formula is C8H13N3. The van der Waals surface area contributed by atoms with Crippen molar-refractivity contribution in [3.63, 3.8) is 0 Å². The zero-order valence-electron chi connectivity index (χ0n) is 6.96. The molecule has 2 heterocycles. The van der Waals surface area contributed by atoms with E-state index in [0.717, 1.165) is 6.54 Å². The van der Waals surface area contributed by atoms with E-state index < -0.39 is 0 Å². The second-order valence-electron chi connectivity index (χ2n) is 3.28. The molecule has 0 aromatic carbocycles. The Balaban J connectivity index is 2.43. The van der Waals surface area contributed by atoms with Crippen LogP contribution in [0.3, 0.4) is 0 Å². The number of hydrogen-bond donors (Lipinski definition) is 1. The molecule has 0 amide bonds. The van der Waals surface area contributed by atoms with Crippen molar-refractivity contribution in [3.05, 3.63) is 11.9 Å². The highest BCUT2D eigenvalue weighted by atomic mass is 15.2. The molecule has 3 heteroatoms. The van der Waals surface area contributed by atoms with E-state index in [4.69, 9.17) is 0 Å². The minimum Gasteiger partial charge on any atom is -0.372 e. The monoisotopic (exact) mass is 151 g/mol. The number of rotatable bonds is 0. The molecule has 0 unspecified atom stereocenters. The van der Waals surface area contributed by atoms with Gasteiger partial charge in [-0.05, 0) is 6.42 Å². The fraction of sp³-hybridized carbons (Fsp3) is 0.625. The first-order chi connectivity index (χ1) is 5.29. The molecule has 0 saturated heterocycles. The SMILES string of the molecule is C[C@@H]1CCN(C)c2cn[nH]c21. The molecule has 1 aromatic rings. The summed E-state index contributed by atoms with van der Waals surface area (Å²) in [5.74, 6) is 0.642. The van der Waals surface area contributed by atoms with E-state index in [1.54, 1.807) is 0 Å². The Labute approximate surface area is 66.4 Å². The molecule has 0 fully saturated rings. The van der Waals surface area contributed by atoms with Crippen LogP contribution in [0.1, 0.15) is 25.0 Å². The van der Waals surface area contributed by atoms with Crippen LogP contribution in [0.4, 0.5) is 5.69 Å². The maximum Gasteiger partial charge on any atom is 0.0782 e. The summed E-state index contributed by atoms with van der Waals surface area (Å²) in [6, 6.07) is 0. The highest BCUT2D eigenvalue weighted by Crippen LogP contribution is 2.31. The molecule has 0 aliphatic carbocycles. The molecule has 1 N–H and O–H groups in total. The fourth-order valence-electron chi connectivity index (χ4n) is 1.61. The lowest BCUT2D eigenvalue weighted by molar-refractivity contribution is 0.621. The Bertz CT molecular complexity index is 229. The van der Waals surface area contributed by atoms with Gasteiger partial charge < -0.3 is 4.90 Å². The van der Waals surface area contributed by atoms with Gasteiger partial charge >= 0.3 is 0 Å². The van der Waals surface area contributed by atoms with Crippen molar-refractivity contribution in [2.45, 2.75) is 19.3 Å². The Morgan fingerprint density at radius 1 is 1.73 bits per heavy atom. The van der Waals surface area contributed by atoms with Crippen LogP contribution in [0.25, 0.3) is 0 Å². The molecule has 11 heavy (non-hydrogen) atoms. The van der Waals surface area contributed by atoms with Crippen LogP contribution < -0.4 is 4.90 Å². The van der Waals surface area contributed by atoms with Gasteiger partial charge in [-0.15, -0.1) is 0 Å². The molecular weight excluding hydrogens is 138 g/mol. The van der Waals surface area contributed by atoms with Gasteiger partial charge in [0, 0.05) is 19.5 Å². The maximum absolute atomic E-state index is 4.04. The minimum absolute atomic E-state index is 0.642. The van der Waals surface area contributed by atoms with E-state index in [2.05, 4.69) is 29.1 Å². The first-order valence-electron chi connectivity index (χ1n) is 4.03. The number of aromatic nitrogens is 2. The zero-order valence-corrected chi connectivity index (χ0v) is 6.96. The molecule has 1 aromatic heterocycles. The van der Waals surface area contributed by atoms with Crippen molar-refractivity contribution >= 4 is 5.69 Å². The van der Waals surface area contributed by atoms with Gasteiger partial charge in [-0.2, -0.15) is 5.10 Å². The van der Waals surface area contributed by atoms with Crippen molar-refractivity contribution in [2.75, 3.05) is 18.5 Å². The summed E-state index contributed by atoms with van der Waals surface area (Å²) in [6.07, 6.45) is 3.14. The lowest BCUT2D eigenvalue weighted by Crippen LogP contribution is -2.25. The Hall–Kier alpha value is -0.990. The van der Waals surface area contributed by atoms with Crippen LogP contribution in [0, 0.1) is 0 Å². The van der Waals surface area contributed by atoms with Gasteiger partial charge in [-0.1, -0.05) is 6.92 Å². The van der Waals surface area contributed by atoms with Crippen LogP contribution >= 0.6 is 0 Å². The summed E-state index contributed by atoms with van der Waals surface area (Å²) in [6.45, 7) is 3.39. The lowest BCUT2D eigenvalue weighted by atomic mass is 9.99. The largest absolute Gasteiger partial charge is 0.372 e. The van der Waals surface area contributed by atoms with E-state index in [0.29, 0.717) is 5.92 Å². The Morgan fingerprint density at radius 3 is 3.27 bits per heavy atom. The van der Waals surface area contributed by atoms with Gasteiger partial charge in [0.2, 0.25) is 0 Å². The second kappa shape index (κ2) is 2.26. The normalized spacial score (nSPS) is 23.5. The van der Waals surface area contributed by atoms with Gasteiger partial charge in [0.15, 0.2) is 0 Å². The van der Waals surface area contributed by atoms with Crippen molar-refractivity contribution in [1.29, 1.82) is 0 Å². The molecule has 60 valence electrons. The highest BCUT2D eigenvalue weighted by molar-refractivity contribution is 5.51. The molecule has 2 rings (SSSR count). The second-order valence-corrected chi connectivity index (χ2v) is 3.28. The van der Waals surface area contributed by atoms with E-state index in [9.17, 15) is 0 Å². The predicted molar refractivity (Wildman–Crippen MR) is 44.9 cm³/mol. The molecule has 1 aliphatic heterocycles. The van der Waals surface area contributed by atoms with Crippen molar-refractivity contribution in [1.82, 2.24) is 10.2 Å². The summed E-state index contributed by atoms with van der Waals surface area (Å²) < 4.78 is 0. The summed E-state index contributed by atoms with van der Waals surface area (Å²) in [7, 11) is 2.11. The fourth-order valence-corrected chi connectivity index (χ4v) is 1.61. The van der Waals surface area contributed by atoms with E-state index >= 15 is 0 Å². The molecule has 0 spiro atoms. The van der Waals surface area contributed by atoms with Gasteiger partial charge in [-0.3, -0.25) is 5.10 Å². The number of anilines is 1. The van der Waals surface area contributed by atoms with E-state index in [1.807, 2.05) is 6.20 Å². The van der Waals surface area contributed by atoms with Crippen molar-refractivity contribution in [2.24, 2.45) is 0 Å². The van der Waals surface area contributed by atoms with Crippen molar-refractivity contribution in [3.8, 4) is 0 Å². The average Bonchev–Trinajstić information content (AvgIpc) is 2.45. The molecule has 1 atom stereocenters. The quantitative estimate of drug-likeness (QED) is 0.607. The molecule has 0 radical (unpaired) electrons. The minimum atomic E-state index is 0.642. The predicted octanol–water partition coefficient (Wildman–Crippen LogP) is 1.35. The van der Waals surface area contributed by atoms with Gasteiger partial charge in [-0.25, -0.2) is 0 Å². The summed E-state index contributed by atoms with van der Waals surface area (Å²) >= 11 is 0. The third-order valence-corrected chi connectivity index (χ3v) is 2.45. The molecule has 3 nitrogen and oxygen atoms in total. The molecule has 0 saturated carbocycles. The maximum atomic E-state index is 4.04. The summed E-state index contributed by atoms with van der Waals surface area (Å²) in [4.78, 5) is 2.25. The van der Waals surface area contributed by atoms with Crippen molar-refractivity contribution < 1.29 is 0 Å². The Kier molecular flexibility index (Phi) is 1.37. The number of nitrogens with one attached hydrogen (secondary N) is 1. The first kappa shape index (κ1) is 6.70. The number of hydrogen-bond acceptors (Lipinski definition) is 2. The van der Waals surface area contributed by atoms with Gasteiger partial charge in [0.1, 0.15) is 0 Å². The highest BCUT2D eigenvalue weighted by Gasteiger charge is 2.20. The lowest BCUT2D eigenvalue weighted by Gasteiger charge is -2.27. The molecule has 1 aliphatic rings. The summed E-state index contributed by atoms with van der Waals surface area (Å²) in [5.41, 5.74) is 2.56. The number of aromatic amines is 1. The van der Waals surface area contributed by atoms with Crippen LogP contribution in [0.15, 0.2) is 6.20 Å². The standard InChI is InChI=1S/C8H13N3/c1-6-3-4-11(2)7-5-9-10-8(6)7/h5-6H,3-4H2,1-2H3,(H,9,10)/t6-/m1/s1. The van der Waals surface area contributed by atoms with Gasteiger partial charge in [0.25, 0.3) is 0 Å². The topological polar surface area (TPSA) is 31.9 Å². The van der Waals surface area contributed by atoms with Crippen LogP contribution in [-0.2, 0) is 0 Å². The number of fused-ring (bicyclic) bond motifs is 1. The number of nitrogens with zero attached hydrogens (tertiary/aromatic N) is 2. The molecule has 0 bridgehead atoms. The zero-order chi connectivity index (χ0) is 7.84. The third kappa shape index (κ3) is 0.914. The average molecular weight is 151 g/mol. The van der Waals surface area contributed by atoms with Gasteiger partial charge in [0.05, 0.1) is 17.6 Å². The Morgan fingerprint density at radius 2 is 2.55 bits per heavy atom. The smallest absolute Gasteiger partial charge is 0.0782 e. The van der Waals surface area contributed by atoms with E-state index in [-0.39, 0.29) is 0 Å². The third-order valence-electron chi connectivity index (χ3n) is 2.45. The van der Waals surface area contributed by atoms with Crippen LogP contribution in [-0.4, -0.2) is 23.8 Å².